The van der Waals surface area contributed by atoms with Gasteiger partial charge in [0, 0.05) is 24.5 Å². The number of carbonyl (C=O) groups excluding carboxylic acids is 1. The molecule has 3 aromatic rings. The third-order valence-electron chi connectivity index (χ3n) is 3.85. The van der Waals surface area contributed by atoms with Gasteiger partial charge in [-0.25, -0.2) is 4.98 Å². The summed E-state index contributed by atoms with van der Waals surface area (Å²) in [5.74, 6) is -0.0444. The molecule has 0 atom stereocenters. The summed E-state index contributed by atoms with van der Waals surface area (Å²) in [4.78, 5) is 18.7. The monoisotopic (exact) mass is 424 g/mol. The number of benzene rings is 2. The molecule has 1 heterocycles. The molecule has 26 heavy (non-hydrogen) atoms. The van der Waals surface area contributed by atoms with E-state index in [2.05, 4.69) is 4.98 Å². The summed E-state index contributed by atoms with van der Waals surface area (Å²) in [5, 5.41) is 4.29. The van der Waals surface area contributed by atoms with E-state index in [0.29, 0.717) is 21.6 Å². The molecular weight excluding hydrogens is 411 g/mol. The molecule has 2 aromatic carbocycles. The number of hydrogen-bond acceptors (Lipinski definition) is 3. The molecule has 0 radical (unpaired) electrons. The van der Waals surface area contributed by atoms with Crippen molar-refractivity contribution in [3.63, 3.8) is 0 Å². The Labute approximate surface area is 171 Å². The van der Waals surface area contributed by atoms with Crippen LogP contribution in [0, 0.1) is 0 Å². The summed E-state index contributed by atoms with van der Waals surface area (Å²) in [7, 11) is 1.74. The molecule has 0 aliphatic heterocycles. The summed E-state index contributed by atoms with van der Waals surface area (Å²) < 4.78 is 0. The van der Waals surface area contributed by atoms with Crippen LogP contribution >= 0.6 is 46.1 Å². The number of hydrogen-bond donors (Lipinski definition) is 0. The van der Waals surface area contributed by atoms with Crippen molar-refractivity contribution in [3.8, 4) is 10.6 Å². The van der Waals surface area contributed by atoms with Crippen LogP contribution in [0.25, 0.3) is 10.6 Å². The second-order valence-electron chi connectivity index (χ2n) is 5.76. The van der Waals surface area contributed by atoms with E-state index in [1.54, 1.807) is 18.0 Å². The maximum atomic E-state index is 12.5. The lowest BCUT2D eigenvalue weighted by Gasteiger charge is -2.18. The molecule has 0 spiro atoms. The largest absolute Gasteiger partial charge is 0.341 e. The van der Waals surface area contributed by atoms with E-state index in [9.17, 15) is 4.79 Å². The Morgan fingerprint density at radius 3 is 2.58 bits per heavy atom. The van der Waals surface area contributed by atoms with Crippen LogP contribution in [-0.2, 0) is 17.8 Å². The first kappa shape index (κ1) is 19.2. The van der Waals surface area contributed by atoms with E-state index < -0.39 is 0 Å². The third-order valence-corrected chi connectivity index (χ3v) is 5.97. The van der Waals surface area contributed by atoms with Gasteiger partial charge < -0.3 is 4.90 Å². The highest BCUT2D eigenvalue weighted by atomic mass is 35.5. The average Bonchev–Trinajstić information content (AvgIpc) is 3.07. The lowest BCUT2D eigenvalue weighted by atomic mass is 10.2. The Balaban J connectivity index is 1.68. The van der Waals surface area contributed by atoms with Gasteiger partial charge >= 0.3 is 0 Å². The maximum Gasteiger partial charge on any atom is 0.228 e. The minimum Gasteiger partial charge on any atom is -0.341 e. The van der Waals surface area contributed by atoms with Crippen molar-refractivity contribution in [2.45, 2.75) is 13.0 Å². The van der Waals surface area contributed by atoms with Gasteiger partial charge in [-0.2, -0.15) is 0 Å². The lowest BCUT2D eigenvalue weighted by Crippen LogP contribution is -2.28. The van der Waals surface area contributed by atoms with Crippen molar-refractivity contribution in [2.75, 3.05) is 7.05 Å². The van der Waals surface area contributed by atoms with E-state index >= 15 is 0 Å². The number of likely N-dealkylation sites (N-methyl/N-ethyl adjacent to an activating group) is 1. The van der Waals surface area contributed by atoms with Crippen LogP contribution in [0.4, 0.5) is 0 Å². The molecule has 0 unspecified atom stereocenters. The van der Waals surface area contributed by atoms with Crippen LogP contribution in [-0.4, -0.2) is 22.8 Å². The fourth-order valence-electron chi connectivity index (χ4n) is 2.45. The van der Waals surface area contributed by atoms with Gasteiger partial charge in [0.1, 0.15) is 5.01 Å². The van der Waals surface area contributed by atoms with Crippen LogP contribution in [0.15, 0.2) is 47.8 Å². The highest BCUT2D eigenvalue weighted by molar-refractivity contribution is 7.13. The normalized spacial score (nSPS) is 10.8. The second kappa shape index (κ2) is 8.40. The predicted molar refractivity (Wildman–Crippen MR) is 109 cm³/mol. The standard InChI is InChI=1S/C19H15Cl3N2OS/c1-24(10-12-5-4-8-16(21)18(12)22)17(25)9-13-11-26-19(23-13)14-6-2-3-7-15(14)20/h2-8,11H,9-10H2,1H3. The van der Waals surface area contributed by atoms with Crippen molar-refractivity contribution in [3.05, 3.63) is 74.2 Å². The second-order valence-corrected chi connectivity index (χ2v) is 7.81. The molecule has 3 rings (SSSR count). The third kappa shape index (κ3) is 4.38. The van der Waals surface area contributed by atoms with Crippen molar-refractivity contribution in [2.24, 2.45) is 0 Å². The summed E-state index contributed by atoms with van der Waals surface area (Å²) in [6.07, 6.45) is 0.218. The van der Waals surface area contributed by atoms with Gasteiger partial charge in [0.25, 0.3) is 0 Å². The highest BCUT2D eigenvalue weighted by Crippen LogP contribution is 2.30. The lowest BCUT2D eigenvalue weighted by molar-refractivity contribution is -0.129. The van der Waals surface area contributed by atoms with Crippen LogP contribution in [0.2, 0.25) is 15.1 Å². The molecule has 0 saturated carbocycles. The number of aromatic nitrogens is 1. The van der Waals surface area contributed by atoms with E-state index in [0.717, 1.165) is 21.8 Å². The van der Waals surface area contributed by atoms with Gasteiger partial charge in [-0.3, -0.25) is 4.79 Å². The minimum atomic E-state index is -0.0444. The van der Waals surface area contributed by atoms with Gasteiger partial charge in [0.15, 0.2) is 0 Å². The molecular formula is C19H15Cl3N2OS. The first-order valence-electron chi connectivity index (χ1n) is 7.82. The van der Waals surface area contributed by atoms with Crippen molar-refractivity contribution in [1.82, 2.24) is 9.88 Å². The summed E-state index contributed by atoms with van der Waals surface area (Å²) in [6.45, 7) is 0.389. The van der Waals surface area contributed by atoms with Crippen molar-refractivity contribution < 1.29 is 4.79 Å². The topological polar surface area (TPSA) is 33.2 Å². The fraction of sp³-hybridized carbons (Fsp3) is 0.158. The molecule has 3 nitrogen and oxygen atoms in total. The van der Waals surface area contributed by atoms with Gasteiger partial charge in [-0.1, -0.05) is 65.1 Å². The van der Waals surface area contributed by atoms with E-state index in [-0.39, 0.29) is 12.3 Å². The van der Waals surface area contributed by atoms with Crippen LogP contribution in [0.5, 0.6) is 0 Å². The Morgan fingerprint density at radius 2 is 1.81 bits per heavy atom. The molecule has 134 valence electrons. The molecule has 0 aliphatic carbocycles. The van der Waals surface area contributed by atoms with E-state index in [1.165, 1.54) is 11.3 Å². The fourth-order valence-corrected chi connectivity index (χ4v) is 3.97. The molecule has 0 aliphatic rings. The van der Waals surface area contributed by atoms with Gasteiger partial charge in [0.05, 0.1) is 27.2 Å². The van der Waals surface area contributed by atoms with Gasteiger partial charge in [-0.05, 0) is 17.7 Å². The first-order chi connectivity index (χ1) is 12.5. The summed E-state index contributed by atoms with van der Waals surface area (Å²) in [5.41, 5.74) is 2.40. The predicted octanol–water partition coefficient (Wildman–Crippen LogP) is 5.97. The van der Waals surface area contributed by atoms with E-state index in [4.69, 9.17) is 34.8 Å². The average molecular weight is 426 g/mol. The molecule has 0 bridgehead atoms. The zero-order valence-electron chi connectivity index (χ0n) is 13.9. The van der Waals surface area contributed by atoms with Crippen LogP contribution in [0.3, 0.4) is 0 Å². The highest BCUT2D eigenvalue weighted by Gasteiger charge is 2.15. The summed E-state index contributed by atoms with van der Waals surface area (Å²) in [6, 6.07) is 12.9. The Morgan fingerprint density at radius 1 is 1.08 bits per heavy atom. The molecule has 7 heteroatoms. The van der Waals surface area contributed by atoms with Gasteiger partial charge in [0.2, 0.25) is 5.91 Å². The molecule has 0 fully saturated rings. The summed E-state index contributed by atoms with van der Waals surface area (Å²) >= 11 is 19.9. The number of carbonyl (C=O) groups is 1. The van der Waals surface area contributed by atoms with Crippen LogP contribution in [0.1, 0.15) is 11.3 Å². The van der Waals surface area contributed by atoms with E-state index in [1.807, 2.05) is 41.8 Å². The Kier molecular flexibility index (Phi) is 6.20. The molecule has 1 aromatic heterocycles. The number of amides is 1. The number of nitrogens with zero attached hydrogens (tertiary/aromatic N) is 2. The number of thiazole rings is 1. The molecule has 0 saturated heterocycles. The molecule has 1 amide bonds. The Hall–Kier alpha value is -1.59. The first-order valence-corrected chi connectivity index (χ1v) is 9.83. The zero-order valence-corrected chi connectivity index (χ0v) is 17.0. The Bertz CT molecular complexity index is 942. The van der Waals surface area contributed by atoms with Crippen molar-refractivity contribution >= 4 is 52.0 Å². The minimum absolute atomic E-state index is 0.0444. The van der Waals surface area contributed by atoms with Crippen molar-refractivity contribution in [1.29, 1.82) is 0 Å². The zero-order chi connectivity index (χ0) is 18.7. The number of halogens is 3. The maximum absolute atomic E-state index is 12.5. The van der Waals surface area contributed by atoms with Gasteiger partial charge in [-0.15, -0.1) is 11.3 Å². The smallest absolute Gasteiger partial charge is 0.228 e. The molecule has 0 N–H and O–H groups in total. The quantitative estimate of drug-likeness (QED) is 0.504. The van der Waals surface area contributed by atoms with Crippen LogP contribution < -0.4 is 0 Å². The SMILES string of the molecule is CN(Cc1cccc(Cl)c1Cl)C(=O)Cc1csc(-c2ccccc2Cl)n1. The number of rotatable bonds is 5.